The van der Waals surface area contributed by atoms with Crippen molar-refractivity contribution in [1.29, 1.82) is 0 Å². The van der Waals surface area contributed by atoms with Gasteiger partial charge < -0.3 is 4.42 Å². The second kappa shape index (κ2) is 6.65. The molecule has 0 atom stereocenters. The Hall–Kier alpha value is -3.29. The molecular weight excluding hydrogens is 396 g/mol. The summed E-state index contributed by atoms with van der Waals surface area (Å²) >= 11 is 0. The number of benzene rings is 3. The highest BCUT2D eigenvalue weighted by Gasteiger charge is 2.33. The second-order valence-electron chi connectivity index (χ2n) is 6.32. The average molecular weight is 407 g/mol. The van der Waals surface area contributed by atoms with Gasteiger partial charge in [0.25, 0.3) is 0 Å². The number of nitrogens with zero attached hydrogens (tertiary/aromatic N) is 1. The van der Waals surface area contributed by atoms with E-state index >= 15 is 0 Å². The van der Waals surface area contributed by atoms with E-state index in [1.54, 1.807) is 0 Å². The fourth-order valence-electron chi connectivity index (χ4n) is 3.03. The van der Waals surface area contributed by atoms with Gasteiger partial charge in [-0.2, -0.15) is 26.3 Å². The number of fused-ring (bicyclic) bond motifs is 1. The van der Waals surface area contributed by atoms with Crippen molar-refractivity contribution in [1.82, 2.24) is 4.98 Å². The maximum Gasteiger partial charge on any atom is 0.417 e. The molecule has 0 N–H and O–H groups in total. The number of aromatic nitrogens is 1. The van der Waals surface area contributed by atoms with Crippen LogP contribution in [0.5, 0.6) is 0 Å². The van der Waals surface area contributed by atoms with Crippen LogP contribution in [0.2, 0.25) is 0 Å². The van der Waals surface area contributed by atoms with Gasteiger partial charge in [0.05, 0.1) is 11.1 Å². The third-order valence-corrected chi connectivity index (χ3v) is 4.37. The van der Waals surface area contributed by atoms with Crippen LogP contribution in [-0.2, 0) is 12.4 Å². The van der Waals surface area contributed by atoms with Crippen LogP contribution in [0.1, 0.15) is 11.1 Å². The third kappa shape index (κ3) is 3.70. The van der Waals surface area contributed by atoms with Gasteiger partial charge in [-0.1, -0.05) is 30.3 Å². The maximum absolute atomic E-state index is 13.3. The summed E-state index contributed by atoms with van der Waals surface area (Å²) in [6.45, 7) is 0. The first-order valence-corrected chi connectivity index (χ1v) is 8.38. The van der Waals surface area contributed by atoms with Crippen LogP contribution in [0.25, 0.3) is 33.7 Å². The van der Waals surface area contributed by atoms with Gasteiger partial charge in [-0.05, 0) is 47.5 Å². The lowest BCUT2D eigenvalue weighted by molar-refractivity contribution is -0.138. The highest BCUT2D eigenvalue weighted by molar-refractivity contribution is 5.83. The predicted octanol–water partition coefficient (Wildman–Crippen LogP) is 7.20. The summed E-state index contributed by atoms with van der Waals surface area (Å²) in [6.07, 6.45) is -9.05. The summed E-state index contributed by atoms with van der Waals surface area (Å²) < 4.78 is 84.1. The van der Waals surface area contributed by atoms with E-state index in [2.05, 4.69) is 4.98 Å². The van der Waals surface area contributed by atoms with Gasteiger partial charge in [-0.3, -0.25) is 0 Å². The van der Waals surface area contributed by atoms with Crippen LogP contribution >= 0.6 is 0 Å². The predicted molar refractivity (Wildman–Crippen MR) is 94.9 cm³/mol. The Morgan fingerprint density at radius 3 is 2.17 bits per heavy atom. The Labute approximate surface area is 160 Å². The molecule has 3 aromatic carbocycles. The molecule has 0 radical (unpaired) electrons. The fraction of sp³-hybridized carbons (Fsp3) is 0.0952. The van der Waals surface area contributed by atoms with Crippen molar-refractivity contribution in [2.75, 3.05) is 0 Å². The van der Waals surface area contributed by atoms with Crippen LogP contribution in [0, 0.1) is 0 Å². The summed E-state index contributed by atoms with van der Waals surface area (Å²) in [4.78, 5) is 4.16. The molecule has 2 nitrogen and oxygen atoms in total. The minimum absolute atomic E-state index is 0.0288. The van der Waals surface area contributed by atoms with E-state index < -0.39 is 23.5 Å². The Balaban J connectivity index is 1.79. The molecule has 0 saturated heterocycles. The molecule has 0 saturated carbocycles. The van der Waals surface area contributed by atoms with Crippen molar-refractivity contribution < 1.29 is 30.8 Å². The first-order valence-electron chi connectivity index (χ1n) is 8.38. The Morgan fingerprint density at radius 2 is 1.45 bits per heavy atom. The summed E-state index contributed by atoms with van der Waals surface area (Å²) in [6, 6.07) is 13.9. The fourth-order valence-corrected chi connectivity index (χ4v) is 3.03. The zero-order chi connectivity index (χ0) is 20.8. The number of alkyl halides is 6. The summed E-state index contributed by atoms with van der Waals surface area (Å²) in [5.74, 6) is -0.0487. The zero-order valence-electron chi connectivity index (χ0n) is 14.5. The molecule has 8 heteroatoms. The first-order chi connectivity index (χ1) is 13.6. The van der Waals surface area contributed by atoms with Crippen LogP contribution in [-0.4, -0.2) is 4.98 Å². The molecule has 4 rings (SSSR count). The molecule has 0 aliphatic carbocycles. The van der Waals surface area contributed by atoms with Crippen molar-refractivity contribution in [2.24, 2.45) is 0 Å². The van der Waals surface area contributed by atoms with E-state index in [9.17, 15) is 26.3 Å². The summed E-state index contributed by atoms with van der Waals surface area (Å²) in [5, 5.41) is 0. The van der Waals surface area contributed by atoms with E-state index in [1.165, 1.54) is 48.5 Å². The molecule has 1 aromatic heterocycles. The van der Waals surface area contributed by atoms with E-state index in [4.69, 9.17) is 4.42 Å². The molecule has 0 fully saturated rings. The number of rotatable bonds is 2. The lowest BCUT2D eigenvalue weighted by atomic mass is 9.99. The van der Waals surface area contributed by atoms with Crippen LogP contribution < -0.4 is 0 Å². The molecule has 0 amide bonds. The lowest BCUT2D eigenvalue weighted by Crippen LogP contribution is -2.06. The molecule has 0 aliphatic heterocycles. The van der Waals surface area contributed by atoms with E-state index in [1.807, 2.05) is 0 Å². The van der Waals surface area contributed by atoms with Gasteiger partial charge in [0, 0.05) is 5.56 Å². The molecule has 0 aliphatic rings. The standard InChI is InChI=1S/C21H11F6NO/c22-20(23,24)14-5-3-4-13(10-14)19-28-17-9-8-12(11-18(17)29-19)15-6-1-2-7-16(15)21(25,26)27/h1-11H. The van der Waals surface area contributed by atoms with Gasteiger partial charge in [0.2, 0.25) is 5.89 Å². The summed E-state index contributed by atoms with van der Waals surface area (Å²) in [7, 11) is 0. The third-order valence-electron chi connectivity index (χ3n) is 4.37. The van der Waals surface area contributed by atoms with Crippen molar-refractivity contribution in [2.45, 2.75) is 12.4 Å². The number of oxazole rings is 1. The van der Waals surface area contributed by atoms with Crippen molar-refractivity contribution in [3.05, 3.63) is 77.9 Å². The largest absolute Gasteiger partial charge is 0.436 e. The van der Waals surface area contributed by atoms with Crippen LogP contribution in [0.15, 0.2) is 71.1 Å². The first kappa shape index (κ1) is 19.0. The van der Waals surface area contributed by atoms with Gasteiger partial charge in [-0.25, -0.2) is 4.98 Å². The normalized spacial score (nSPS) is 12.5. The molecule has 0 unspecified atom stereocenters. The zero-order valence-corrected chi connectivity index (χ0v) is 14.5. The molecule has 29 heavy (non-hydrogen) atoms. The topological polar surface area (TPSA) is 26.0 Å². The molecule has 148 valence electrons. The minimum Gasteiger partial charge on any atom is -0.436 e. The monoisotopic (exact) mass is 407 g/mol. The highest BCUT2D eigenvalue weighted by Crippen LogP contribution is 2.38. The Bertz CT molecular complexity index is 1190. The van der Waals surface area contributed by atoms with E-state index in [0.717, 1.165) is 18.2 Å². The quantitative estimate of drug-likeness (QED) is 0.329. The van der Waals surface area contributed by atoms with Gasteiger partial charge in [0.15, 0.2) is 5.58 Å². The van der Waals surface area contributed by atoms with Crippen LogP contribution in [0.4, 0.5) is 26.3 Å². The number of hydrogen-bond acceptors (Lipinski definition) is 2. The lowest BCUT2D eigenvalue weighted by Gasteiger charge is -2.12. The molecule has 1 heterocycles. The SMILES string of the molecule is FC(F)(F)c1cccc(-c2nc3ccc(-c4ccccc4C(F)(F)F)cc3o2)c1. The molecular formula is C21H11F6NO. The Kier molecular flexibility index (Phi) is 4.37. The molecule has 0 spiro atoms. The van der Waals surface area contributed by atoms with E-state index in [0.29, 0.717) is 5.52 Å². The van der Waals surface area contributed by atoms with Gasteiger partial charge >= 0.3 is 12.4 Å². The van der Waals surface area contributed by atoms with Crippen LogP contribution in [0.3, 0.4) is 0 Å². The van der Waals surface area contributed by atoms with Crippen molar-refractivity contribution in [3.63, 3.8) is 0 Å². The minimum atomic E-state index is -4.53. The maximum atomic E-state index is 13.3. The Morgan fingerprint density at radius 1 is 0.690 bits per heavy atom. The summed E-state index contributed by atoms with van der Waals surface area (Å²) in [5.41, 5.74) is -0.795. The average Bonchev–Trinajstić information content (AvgIpc) is 3.10. The highest BCUT2D eigenvalue weighted by atomic mass is 19.4. The molecule has 4 aromatic rings. The van der Waals surface area contributed by atoms with Gasteiger partial charge in [-0.15, -0.1) is 0 Å². The smallest absolute Gasteiger partial charge is 0.417 e. The number of halogens is 6. The van der Waals surface area contributed by atoms with Crippen molar-refractivity contribution >= 4 is 11.1 Å². The van der Waals surface area contributed by atoms with E-state index in [-0.39, 0.29) is 28.2 Å². The second-order valence-corrected chi connectivity index (χ2v) is 6.32. The molecule has 0 bridgehead atoms. The van der Waals surface area contributed by atoms with Crippen molar-refractivity contribution in [3.8, 4) is 22.6 Å². The number of hydrogen-bond donors (Lipinski definition) is 0. The van der Waals surface area contributed by atoms with Gasteiger partial charge in [0.1, 0.15) is 5.52 Å².